The minimum absolute atomic E-state index is 0.0559. The van der Waals surface area contributed by atoms with E-state index in [0.29, 0.717) is 5.69 Å². The molecule has 7 heteroatoms. The average molecular weight is 441 g/mol. The minimum atomic E-state index is -4.05. The molecule has 3 aromatic rings. The Kier molecular flexibility index (Phi) is 6.75. The summed E-state index contributed by atoms with van der Waals surface area (Å²) in [4.78, 5) is 13.0. The number of amides is 1. The number of carbonyl (C=O) groups excluding carboxylic acids is 1. The van der Waals surface area contributed by atoms with E-state index in [-0.39, 0.29) is 10.6 Å². The number of aryl methyl sites for hydroxylation is 3. The first-order chi connectivity index (χ1) is 14.7. The zero-order chi connectivity index (χ0) is 22.6. The maximum absolute atomic E-state index is 13.4. The number of carbonyl (C=O) groups is 1. The lowest BCUT2D eigenvalue weighted by atomic mass is 10.1. The molecule has 0 bridgehead atoms. The first-order valence-electron chi connectivity index (χ1n) is 9.95. The van der Waals surface area contributed by atoms with Gasteiger partial charge in [-0.25, -0.2) is 12.8 Å². The molecule has 3 rings (SSSR count). The molecule has 3 aromatic carbocycles. The molecule has 162 valence electrons. The summed E-state index contributed by atoms with van der Waals surface area (Å²) >= 11 is 0. The van der Waals surface area contributed by atoms with Gasteiger partial charge in [-0.2, -0.15) is 0 Å². The highest BCUT2D eigenvalue weighted by Crippen LogP contribution is 2.25. The Morgan fingerprint density at radius 3 is 2.23 bits per heavy atom. The number of hydrogen-bond donors (Lipinski definition) is 1. The van der Waals surface area contributed by atoms with Crippen LogP contribution in [-0.2, 0) is 21.2 Å². The average Bonchev–Trinajstić information content (AvgIpc) is 2.74. The van der Waals surface area contributed by atoms with Crippen LogP contribution >= 0.6 is 0 Å². The largest absolute Gasteiger partial charge is 0.324 e. The Morgan fingerprint density at radius 1 is 0.968 bits per heavy atom. The molecular formula is C24H25FN2O3S. The van der Waals surface area contributed by atoms with E-state index in [9.17, 15) is 17.6 Å². The molecule has 0 aliphatic rings. The van der Waals surface area contributed by atoms with Crippen LogP contribution in [0, 0.1) is 19.7 Å². The lowest BCUT2D eigenvalue weighted by Crippen LogP contribution is -2.38. The van der Waals surface area contributed by atoms with Gasteiger partial charge in [0.25, 0.3) is 10.0 Å². The monoisotopic (exact) mass is 440 g/mol. The van der Waals surface area contributed by atoms with Gasteiger partial charge in [0.1, 0.15) is 12.4 Å². The van der Waals surface area contributed by atoms with E-state index in [1.807, 2.05) is 39.0 Å². The standard InChI is InChI=1S/C24H25FN2O3S/c1-4-19-7-5-6-18(3)24(19)26-23(28)16-27(21-12-10-20(25)11-13-21)31(29,30)22-14-8-17(2)9-15-22/h5-15H,4,16H2,1-3H3,(H,26,28). The third-order valence-electron chi connectivity index (χ3n) is 5.02. The molecule has 0 aliphatic carbocycles. The van der Waals surface area contributed by atoms with Gasteiger partial charge in [0.05, 0.1) is 10.6 Å². The molecule has 0 saturated carbocycles. The van der Waals surface area contributed by atoms with Gasteiger partial charge in [0, 0.05) is 5.69 Å². The topological polar surface area (TPSA) is 66.5 Å². The maximum atomic E-state index is 13.4. The number of hydrogen-bond acceptors (Lipinski definition) is 3. The summed E-state index contributed by atoms with van der Waals surface area (Å²) in [5.74, 6) is -0.975. The second-order valence-electron chi connectivity index (χ2n) is 7.31. The number of benzene rings is 3. The van der Waals surface area contributed by atoms with E-state index >= 15 is 0 Å². The van der Waals surface area contributed by atoms with Crippen molar-refractivity contribution in [1.82, 2.24) is 0 Å². The van der Waals surface area contributed by atoms with Gasteiger partial charge < -0.3 is 5.32 Å². The van der Waals surface area contributed by atoms with Crippen molar-refractivity contribution >= 4 is 27.3 Å². The molecule has 0 heterocycles. The zero-order valence-corrected chi connectivity index (χ0v) is 18.5. The Labute approximate surface area is 182 Å². The van der Waals surface area contributed by atoms with E-state index < -0.39 is 28.3 Å². The van der Waals surface area contributed by atoms with Crippen LogP contribution in [0.1, 0.15) is 23.6 Å². The zero-order valence-electron chi connectivity index (χ0n) is 17.7. The molecule has 0 saturated heterocycles. The van der Waals surface area contributed by atoms with Crippen molar-refractivity contribution in [2.24, 2.45) is 0 Å². The first kappa shape index (κ1) is 22.5. The van der Waals surface area contributed by atoms with E-state index in [0.717, 1.165) is 27.4 Å². The van der Waals surface area contributed by atoms with Crippen molar-refractivity contribution in [2.45, 2.75) is 32.1 Å². The van der Waals surface area contributed by atoms with Crippen LogP contribution in [0.15, 0.2) is 71.6 Å². The van der Waals surface area contributed by atoms with Crippen LogP contribution in [0.4, 0.5) is 15.8 Å². The van der Waals surface area contributed by atoms with Gasteiger partial charge in [0.2, 0.25) is 5.91 Å². The predicted molar refractivity (Wildman–Crippen MR) is 121 cm³/mol. The van der Waals surface area contributed by atoms with E-state index in [4.69, 9.17) is 0 Å². The van der Waals surface area contributed by atoms with Gasteiger partial charge in [-0.1, -0.05) is 42.8 Å². The lowest BCUT2D eigenvalue weighted by molar-refractivity contribution is -0.114. The summed E-state index contributed by atoms with van der Waals surface area (Å²) < 4.78 is 41.2. The number of sulfonamides is 1. The van der Waals surface area contributed by atoms with Crippen LogP contribution < -0.4 is 9.62 Å². The fraction of sp³-hybridized carbons (Fsp3) is 0.208. The summed E-state index contributed by atoms with van der Waals surface area (Å²) in [6.07, 6.45) is 0.723. The second-order valence-corrected chi connectivity index (χ2v) is 9.17. The maximum Gasteiger partial charge on any atom is 0.264 e. The molecule has 0 spiro atoms. The third kappa shape index (κ3) is 5.11. The number of nitrogens with one attached hydrogen (secondary N) is 1. The number of halogens is 1. The minimum Gasteiger partial charge on any atom is -0.324 e. The van der Waals surface area contributed by atoms with Gasteiger partial charge in [-0.15, -0.1) is 0 Å². The number of para-hydroxylation sites is 1. The molecule has 0 aliphatic heterocycles. The molecule has 0 radical (unpaired) electrons. The van der Waals surface area contributed by atoms with Gasteiger partial charge in [0.15, 0.2) is 0 Å². The Morgan fingerprint density at radius 2 is 1.61 bits per heavy atom. The lowest BCUT2D eigenvalue weighted by Gasteiger charge is -2.24. The molecule has 5 nitrogen and oxygen atoms in total. The van der Waals surface area contributed by atoms with Crippen molar-refractivity contribution in [3.63, 3.8) is 0 Å². The number of anilines is 2. The van der Waals surface area contributed by atoms with Crippen molar-refractivity contribution in [1.29, 1.82) is 0 Å². The van der Waals surface area contributed by atoms with Crippen molar-refractivity contribution in [3.8, 4) is 0 Å². The van der Waals surface area contributed by atoms with Crippen LogP contribution in [0.25, 0.3) is 0 Å². The highest BCUT2D eigenvalue weighted by Gasteiger charge is 2.27. The number of nitrogens with zero attached hydrogens (tertiary/aromatic N) is 1. The molecule has 0 atom stereocenters. The second kappa shape index (κ2) is 9.31. The molecule has 0 fully saturated rings. The summed E-state index contributed by atoms with van der Waals surface area (Å²) in [5.41, 5.74) is 3.65. The van der Waals surface area contributed by atoms with Crippen LogP contribution in [0.3, 0.4) is 0 Å². The smallest absolute Gasteiger partial charge is 0.264 e. The van der Waals surface area contributed by atoms with Crippen molar-refractivity contribution < 1.29 is 17.6 Å². The highest BCUT2D eigenvalue weighted by atomic mass is 32.2. The van der Waals surface area contributed by atoms with Gasteiger partial charge in [-0.3, -0.25) is 9.10 Å². The van der Waals surface area contributed by atoms with E-state index in [1.54, 1.807) is 12.1 Å². The molecule has 0 aromatic heterocycles. The van der Waals surface area contributed by atoms with Gasteiger partial charge in [-0.05, 0) is 67.8 Å². The van der Waals surface area contributed by atoms with E-state index in [1.165, 1.54) is 36.4 Å². The third-order valence-corrected chi connectivity index (χ3v) is 6.80. The van der Waals surface area contributed by atoms with Crippen LogP contribution in [-0.4, -0.2) is 20.9 Å². The fourth-order valence-electron chi connectivity index (χ4n) is 3.27. The molecule has 1 amide bonds. The molecule has 0 unspecified atom stereocenters. The highest BCUT2D eigenvalue weighted by molar-refractivity contribution is 7.92. The van der Waals surface area contributed by atoms with Crippen LogP contribution in [0.2, 0.25) is 0 Å². The first-order valence-corrected chi connectivity index (χ1v) is 11.4. The van der Waals surface area contributed by atoms with Crippen molar-refractivity contribution in [2.75, 3.05) is 16.2 Å². The molecular weight excluding hydrogens is 415 g/mol. The Balaban J connectivity index is 1.97. The SMILES string of the molecule is CCc1cccc(C)c1NC(=O)CN(c1ccc(F)cc1)S(=O)(=O)c1ccc(C)cc1. The summed E-state index contributed by atoms with van der Waals surface area (Å²) in [6, 6.07) is 17.1. The summed E-state index contributed by atoms with van der Waals surface area (Å²) in [7, 11) is -4.05. The summed E-state index contributed by atoms with van der Waals surface area (Å²) in [5, 5.41) is 2.85. The summed E-state index contributed by atoms with van der Waals surface area (Å²) in [6.45, 7) is 5.28. The van der Waals surface area contributed by atoms with Crippen LogP contribution in [0.5, 0.6) is 0 Å². The Bertz CT molecular complexity index is 1170. The molecule has 1 N–H and O–H groups in total. The fourth-order valence-corrected chi connectivity index (χ4v) is 4.69. The normalized spacial score (nSPS) is 11.2. The van der Waals surface area contributed by atoms with E-state index in [2.05, 4.69) is 5.32 Å². The van der Waals surface area contributed by atoms with Gasteiger partial charge >= 0.3 is 0 Å². The quantitative estimate of drug-likeness (QED) is 0.572. The predicted octanol–water partition coefficient (Wildman–Crippen LogP) is 4.84. The van der Waals surface area contributed by atoms with Crippen molar-refractivity contribution in [3.05, 3.63) is 89.2 Å². The Hall–Kier alpha value is -3.19. The number of rotatable bonds is 7. The molecule has 31 heavy (non-hydrogen) atoms.